The topological polar surface area (TPSA) is 17.8 Å². The highest BCUT2D eigenvalue weighted by Gasteiger charge is 2.17. The van der Waals surface area contributed by atoms with Gasteiger partial charge in [0, 0.05) is 27.6 Å². The van der Waals surface area contributed by atoms with Crippen LogP contribution < -0.4 is 0 Å². The summed E-state index contributed by atoms with van der Waals surface area (Å²) in [6.45, 7) is 6.72. The normalized spacial score (nSPS) is 12.1. The van der Waals surface area contributed by atoms with Crippen molar-refractivity contribution in [2.75, 3.05) is 0 Å². The van der Waals surface area contributed by atoms with Gasteiger partial charge < -0.3 is 4.57 Å². The number of benzene rings is 7. The van der Waals surface area contributed by atoms with Gasteiger partial charge in [0.05, 0.1) is 22.4 Å². The van der Waals surface area contributed by atoms with E-state index in [-0.39, 0.29) is 0 Å². The van der Waals surface area contributed by atoms with E-state index in [4.69, 9.17) is 4.98 Å². The predicted octanol–water partition coefficient (Wildman–Crippen LogP) is 15.6. The van der Waals surface area contributed by atoms with Crippen molar-refractivity contribution in [3.63, 3.8) is 0 Å². The van der Waals surface area contributed by atoms with Crippen molar-refractivity contribution < 1.29 is 0 Å². The standard InChI is InChI=1S/C53H38N2.C4H6/c1-5-14-37(15-6-1)40-24-26-41(27-25-40)46-35-50(42-20-11-4-12-21-42)54-51(36-46)45-22-13-23-47(32-45)55-52-30-28-43(38-16-7-2-8-17-38)33-48(52)49-34-44(29-31-53(49)55)39-18-9-3-10-19-39;1-3-4-2/h1-2,4-9,11-36H,3,10H2;3-4H,1-2H2. The molecule has 0 saturated heterocycles. The molecule has 0 radical (unpaired) electrons. The number of aromatic nitrogens is 2. The molecular weight excluding hydrogens is 713 g/mol. The Bertz CT molecular complexity index is 2980. The first-order valence-electron chi connectivity index (χ1n) is 20.3. The molecule has 2 aromatic heterocycles. The maximum Gasteiger partial charge on any atom is 0.0716 e. The molecule has 0 spiro atoms. The molecule has 282 valence electrons. The Labute approximate surface area is 347 Å². The molecule has 0 N–H and O–H groups in total. The van der Waals surface area contributed by atoms with Crippen molar-refractivity contribution >= 4 is 27.4 Å². The summed E-state index contributed by atoms with van der Waals surface area (Å²) in [5.74, 6) is 0. The smallest absolute Gasteiger partial charge is 0.0716 e. The average molecular weight is 757 g/mol. The van der Waals surface area contributed by atoms with Crippen LogP contribution in [0.15, 0.2) is 232 Å². The van der Waals surface area contributed by atoms with Gasteiger partial charge in [-0.25, -0.2) is 4.98 Å². The number of allylic oxidation sites excluding steroid dienone is 6. The number of rotatable bonds is 8. The highest BCUT2D eigenvalue weighted by atomic mass is 15.0. The molecule has 2 heterocycles. The van der Waals surface area contributed by atoms with E-state index in [9.17, 15) is 0 Å². The van der Waals surface area contributed by atoms with Crippen LogP contribution >= 0.6 is 0 Å². The van der Waals surface area contributed by atoms with Gasteiger partial charge in [0.25, 0.3) is 0 Å². The zero-order chi connectivity index (χ0) is 40.0. The van der Waals surface area contributed by atoms with Gasteiger partial charge in [0.2, 0.25) is 0 Å². The first-order valence-corrected chi connectivity index (χ1v) is 20.3. The van der Waals surface area contributed by atoms with Crippen LogP contribution in [0.3, 0.4) is 0 Å². The fraction of sp³-hybridized carbons (Fsp3) is 0.0351. The number of hydrogen-bond acceptors (Lipinski definition) is 1. The van der Waals surface area contributed by atoms with E-state index in [2.05, 4.69) is 224 Å². The van der Waals surface area contributed by atoms with Crippen LogP contribution in [0.5, 0.6) is 0 Å². The number of hydrogen-bond donors (Lipinski definition) is 0. The minimum Gasteiger partial charge on any atom is -0.309 e. The summed E-state index contributed by atoms with van der Waals surface area (Å²) in [5.41, 5.74) is 17.2. The summed E-state index contributed by atoms with van der Waals surface area (Å²) in [5, 5.41) is 2.50. The van der Waals surface area contributed by atoms with Gasteiger partial charge in [0.1, 0.15) is 0 Å². The Morgan fingerprint density at radius 3 is 1.49 bits per heavy atom. The maximum absolute atomic E-state index is 5.30. The van der Waals surface area contributed by atoms with Crippen LogP contribution in [-0.2, 0) is 0 Å². The molecule has 9 aromatic rings. The Morgan fingerprint density at radius 1 is 0.407 bits per heavy atom. The molecule has 0 atom stereocenters. The van der Waals surface area contributed by atoms with Crippen molar-refractivity contribution in [1.29, 1.82) is 0 Å². The largest absolute Gasteiger partial charge is 0.309 e. The number of pyridine rings is 1. The van der Waals surface area contributed by atoms with Crippen molar-refractivity contribution in [3.05, 3.63) is 237 Å². The van der Waals surface area contributed by atoms with Crippen LogP contribution in [0.2, 0.25) is 0 Å². The molecule has 0 bridgehead atoms. The SMILES string of the molecule is C1=CC(c2ccc3c(c2)c2cc(-c4ccccc4)ccc2n3-c2cccc(-c3cc(-c4ccc(-c5ccccc5)cc4)cc(-c4ccccc4)n3)c2)=CCC1.C=CC=C. The Hall–Kier alpha value is -7.55. The second-order valence-electron chi connectivity index (χ2n) is 14.8. The van der Waals surface area contributed by atoms with Crippen LogP contribution in [-0.4, -0.2) is 9.55 Å². The summed E-state index contributed by atoms with van der Waals surface area (Å²) >= 11 is 0. The fourth-order valence-electron chi connectivity index (χ4n) is 8.01. The Balaban J connectivity index is 0.00000108. The van der Waals surface area contributed by atoms with E-state index < -0.39 is 0 Å². The van der Waals surface area contributed by atoms with E-state index in [0.717, 1.165) is 52.2 Å². The minimum atomic E-state index is 0.941. The maximum atomic E-state index is 5.30. The van der Waals surface area contributed by atoms with E-state index in [1.165, 1.54) is 55.2 Å². The van der Waals surface area contributed by atoms with Crippen molar-refractivity contribution in [2.45, 2.75) is 12.8 Å². The molecule has 2 heteroatoms. The molecule has 0 fully saturated rings. The highest BCUT2D eigenvalue weighted by molar-refractivity contribution is 6.11. The molecule has 59 heavy (non-hydrogen) atoms. The van der Waals surface area contributed by atoms with Crippen LogP contribution in [0.1, 0.15) is 18.4 Å². The monoisotopic (exact) mass is 756 g/mol. The number of nitrogens with zero attached hydrogens (tertiary/aromatic N) is 2. The van der Waals surface area contributed by atoms with Gasteiger partial charge in [-0.3, -0.25) is 0 Å². The molecule has 1 aliphatic carbocycles. The average Bonchev–Trinajstić information content (AvgIpc) is 3.66. The third-order valence-corrected chi connectivity index (χ3v) is 11.0. The molecule has 1 aliphatic rings. The molecule has 0 unspecified atom stereocenters. The van der Waals surface area contributed by atoms with Gasteiger partial charge in [-0.05, 0) is 106 Å². The van der Waals surface area contributed by atoms with Gasteiger partial charge in [0.15, 0.2) is 0 Å². The highest BCUT2D eigenvalue weighted by Crippen LogP contribution is 2.38. The van der Waals surface area contributed by atoms with Crippen molar-refractivity contribution in [2.24, 2.45) is 0 Å². The summed E-state index contributed by atoms with van der Waals surface area (Å²) in [7, 11) is 0. The Morgan fingerprint density at radius 2 is 0.898 bits per heavy atom. The van der Waals surface area contributed by atoms with E-state index >= 15 is 0 Å². The first-order chi connectivity index (χ1) is 29.2. The second kappa shape index (κ2) is 16.9. The van der Waals surface area contributed by atoms with E-state index in [0.29, 0.717) is 0 Å². The van der Waals surface area contributed by atoms with Crippen molar-refractivity contribution in [1.82, 2.24) is 9.55 Å². The summed E-state index contributed by atoms with van der Waals surface area (Å²) < 4.78 is 2.42. The van der Waals surface area contributed by atoms with Gasteiger partial charge >= 0.3 is 0 Å². The molecule has 10 rings (SSSR count). The molecule has 0 saturated carbocycles. The zero-order valence-electron chi connectivity index (χ0n) is 33.0. The fourth-order valence-corrected chi connectivity index (χ4v) is 8.01. The quantitative estimate of drug-likeness (QED) is 0.141. The summed E-state index contributed by atoms with van der Waals surface area (Å²) in [6.07, 6.45) is 12.4. The van der Waals surface area contributed by atoms with Crippen molar-refractivity contribution in [3.8, 4) is 61.6 Å². The lowest BCUT2D eigenvalue weighted by molar-refractivity contribution is 1.04. The van der Waals surface area contributed by atoms with Gasteiger partial charge in [-0.15, -0.1) is 0 Å². The Kier molecular flexibility index (Phi) is 10.6. The predicted molar refractivity (Wildman–Crippen MR) is 253 cm³/mol. The third-order valence-electron chi connectivity index (χ3n) is 11.0. The van der Waals surface area contributed by atoms with E-state index in [1.54, 1.807) is 12.2 Å². The van der Waals surface area contributed by atoms with Crippen LogP contribution in [0.25, 0.3) is 89.0 Å². The zero-order valence-corrected chi connectivity index (χ0v) is 33.0. The minimum absolute atomic E-state index is 0.941. The van der Waals surface area contributed by atoms with E-state index in [1.807, 2.05) is 0 Å². The lowest BCUT2D eigenvalue weighted by Gasteiger charge is -2.13. The molecular formula is C57H44N2. The van der Waals surface area contributed by atoms with Gasteiger partial charge in [-0.1, -0.05) is 183 Å². The molecule has 0 amide bonds. The lowest BCUT2D eigenvalue weighted by Crippen LogP contribution is -1.96. The lowest BCUT2D eigenvalue weighted by atomic mass is 9.97. The first kappa shape index (κ1) is 37.1. The molecule has 7 aromatic carbocycles. The molecule has 2 nitrogen and oxygen atoms in total. The van der Waals surface area contributed by atoms with Crippen LogP contribution in [0, 0.1) is 0 Å². The van der Waals surface area contributed by atoms with Crippen LogP contribution in [0.4, 0.5) is 0 Å². The number of fused-ring (bicyclic) bond motifs is 3. The summed E-state index contributed by atoms with van der Waals surface area (Å²) in [4.78, 5) is 5.30. The summed E-state index contributed by atoms with van der Waals surface area (Å²) in [6, 6.07) is 67.8. The molecule has 0 aliphatic heterocycles. The third kappa shape index (κ3) is 7.77. The second-order valence-corrected chi connectivity index (χ2v) is 14.8. The van der Waals surface area contributed by atoms with Gasteiger partial charge in [-0.2, -0.15) is 0 Å².